The molecule has 128 valence electrons. The SMILES string of the molecule is CCCNC(=O)c1cccc(CNC(=O)CC2CCCN2)c1.Cl. The molecular weight excluding hydrogens is 314 g/mol. The second-order valence-corrected chi connectivity index (χ2v) is 5.73. The van der Waals surface area contributed by atoms with Gasteiger partial charge >= 0.3 is 0 Å². The summed E-state index contributed by atoms with van der Waals surface area (Å²) in [5, 5.41) is 9.09. The first-order valence-electron chi connectivity index (χ1n) is 8.06. The minimum Gasteiger partial charge on any atom is -0.352 e. The third kappa shape index (κ3) is 6.59. The van der Waals surface area contributed by atoms with Crippen LogP contribution in [0.25, 0.3) is 0 Å². The Labute approximate surface area is 144 Å². The highest BCUT2D eigenvalue weighted by molar-refractivity contribution is 5.94. The molecule has 1 aromatic rings. The lowest BCUT2D eigenvalue weighted by molar-refractivity contribution is -0.121. The molecule has 0 saturated carbocycles. The quantitative estimate of drug-likeness (QED) is 0.711. The Morgan fingerprint density at radius 1 is 1.30 bits per heavy atom. The molecule has 0 aliphatic carbocycles. The molecule has 3 N–H and O–H groups in total. The van der Waals surface area contributed by atoms with Crippen LogP contribution in [-0.4, -0.2) is 30.9 Å². The largest absolute Gasteiger partial charge is 0.352 e. The number of carbonyl (C=O) groups excluding carboxylic acids is 2. The van der Waals surface area contributed by atoms with Gasteiger partial charge in [-0.05, 0) is 43.5 Å². The second-order valence-electron chi connectivity index (χ2n) is 5.73. The number of hydrogen-bond donors (Lipinski definition) is 3. The molecule has 1 heterocycles. The summed E-state index contributed by atoms with van der Waals surface area (Å²) in [6.07, 6.45) is 3.65. The van der Waals surface area contributed by atoms with Gasteiger partial charge in [0.1, 0.15) is 0 Å². The molecule has 23 heavy (non-hydrogen) atoms. The Morgan fingerprint density at radius 2 is 2.13 bits per heavy atom. The Hall–Kier alpha value is -1.59. The van der Waals surface area contributed by atoms with Crippen LogP contribution < -0.4 is 16.0 Å². The van der Waals surface area contributed by atoms with Crippen LogP contribution in [0.5, 0.6) is 0 Å². The maximum Gasteiger partial charge on any atom is 0.251 e. The van der Waals surface area contributed by atoms with Crippen molar-refractivity contribution in [3.63, 3.8) is 0 Å². The summed E-state index contributed by atoms with van der Waals surface area (Å²) in [4.78, 5) is 23.8. The van der Waals surface area contributed by atoms with E-state index in [-0.39, 0.29) is 24.2 Å². The fraction of sp³-hybridized carbons (Fsp3) is 0.529. The highest BCUT2D eigenvalue weighted by Crippen LogP contribution is 2.09. The molecule has 0 aromatic heterocycles. The second kappa shape index (κ2) is 10.2. The molecule has 1 aliphatic heterocycles. The van der Waals surface area contributed by atoms with Crippen LogP contribution in [0.1, 0.15) is 48.5 Å². The van der Waals surface area contributed by atoms with Crippen molar-refractivity contribution in [3.8, 4) is 0 Å². The summed E-state index contributed by atoms with van der Waals surface area (Å²) in [5.74, 6) is -0.00887. The van der Waals surface area contributed by atoms with E-state index in [0.29, 0.717) is 31.1 Å². The van der Waals surface area contributed by atoms with Crippen molar-refractivity contribution in [2.45, 2.75) is 45.2 Å². The van der Waals surface area contributed by atoms with E-state index in [0.717, 1.165) is 31.4 Å². The summed E-state index contributed by atoms with van der Waals surface area (Å²) in [6.45, 7) is 4.16. The van der Waals surface area contributed by atoms with Crippen LogP contribution in [0.2, 0.25) is 0 Å². The van der Waals surface area contributed by atoms with E-state index in [1.807, 2.05) is 25.1 Å². The lowest BCUT2D eigenvalue weighted by atomic mass is 10.1. The van der Waals surface area contributed by atoms with Gasteiger partial charge in [0.2, 0.25) is 5.91 Å². The number of benzene rings is 1. The minimum atomic E-state index is -0.0646. The van der Waals surface area contributed by atoms with Crippen molar-refractivity contribution >= 4 is 24.2 Å². The van der Waals surface area contributed by atoms with E-state index in [1.54, 1.807) is 6.07 Å². The number of amides is 2. The molecule has 6 heteroatoms. The monoisotopic (exact) mass is 339 g/mol. The van der Waals surface area contributed by atoms with E-state index >= 15 is 0 Å². The summed E-state index contributed by atoms with van der Waals surface area (Å²) < 4.78 is 0. The highest BCUT2D eigenvalue weighted by Gasteiger charge is 2.17. The number of rotatable bonds is 7. The Kier molecular flexibility index (Phi) is 8.66. The van der Waals surface area contributed by atoms with E-state index < -0.39 is 0 Å². The van der Waals surface area contributed by atoms with E-state index in [9.17, 15) is 9.59 Å². The molecule has 1 aromatic carbocycles. The van der Waals surface area contributed by atoms with E-state index in [1.165, 1.54) is 0 Å². The number of hydrogen-bond acceptors (Lipinski definition) is 3. The van der Waals surface area contributed by atoms with E-state index in [4.69, 9.17) is 0 Å². The van der Waals surface area contributed by atoms with Crippen molar-refractivity contribution in [2.24, 2.45) is 0 Å². The lowest BCUT2D eigenvalue weighted by Crippen LogP contribution is -2.31. The molecule has 0 spiro atoms. The van der Waals surface area contributed by atoms with Crippen LogP contribution in [-0.2, 0) is 11.3 Å². The third-order valence-electron chi connectivity index (χ3n) is 3.81. The van der Waals surface area contributed by atoms with Crippen LogP contribution in [0.4, 0.5) is 0 Å². The molecule has 2 rings (SSSR count). The predicted octanol–water partition coefficient (Wildman–Crippen LogP) is 2.01. The zero-order valence-electron chi connectivity index (χ0n) is 13.6. The van der Waals surface area contributed by atoms with Gasteiger partial charge in [-0.3, -0.25) is 9.59 Å². The van der Waals surface area contributed by atoms with Gasteiger partial charge in [-0.15, -0.1) is 12.4 Å². The smallest absolute Gasteiger partial charge is 0.251 e. The first kappa shape index (κ1) is 19.5. The minimum absolute atomic E-state index is 0. The summed E-state index contributed by atoms with van der Waals surface area (Å²) in [7, 11) is 0. The molecule has 5 nitrogen and oxygen atoms in total. The van der Waals surface area contributed by atoms with Gasteiger partial charge in [-0.1, -0.05) is 19.1 Å². The average Bonchev–Trinajstić information content (AvgIpc) is 3.04. The molecule has 1 atom stereocenters. The molecule has 2 amide bonds. The van der Waals surface area contributed by atoms with Crippen molar-refractivity contribution in [2.75, 3.05) is 13.1 Å². The van der Waals surface area contributed by atoms with Gasteiger partial charge in [-0.2, -0.15) is 0 Å². The molecular formula is C17H26ClN3O2. The van der Waals surface area contributed by atoms with Gasteiger partial charge in [0.15, 0.2) is 0 Å². The Balaban J connectivity index is 0.00000264. The zero-order chi connectivity index (χ0) is 15.8. The third-order valence-corrected chi connectivity index (χ3v) is 3.81. The maximum absolute atomic E-state index is 11.9. The van der Waals surface area contributed by atoms with Gasteiger partial charge in [-0.25, -0.2) is 0 Å². The van der Waals surface area contributed by atoms with Crippen molar-refractivity contribution in [1.82, 2.24) is 16.0 Å². The van der Waals surface area contributed by atoms with Crippen molar-refractivity contribution in [3.05, 3.63) is 35.4 Å². The van der Waals surface area contributed by atoms with Gasteiger partial charge in [0.25, 0.3) is 5.91 Å². The van der Waals surface area contributed by atoms with Gasteiger partial charge in [0, 0.05) is 31.1 Å². The number of carbonyl (C=O) groups is 2. The molecule has 0 bridgehead atoms. The fourth-order valence-corrected chi connectivity index (χ4v) is 2.59. The molecule has 1 aliphatic rings. The summed E-state index contributed by atoms with van der Waals surface area (Å²) in [5.41, 5.74) is 1.58. The molecule has 1 fully saturated rings. The van der Waals surface area contributed by atoms with Gasteiger partial charge < -0.3 is 16.0 Å². The molecule has 0 radical (unpaired) electrons. The standard InChI is InChI=1S/C17H25N3O2.ClH/c1-2-8-19-17(22)14-6-3-5-13(10-14)12-20-16(21)11-15-7-4-9-18-15;/h3,5-6,10,15,18H,2,4,7-9,11-12H2,1H3,(H,19,22)(H,20,21);1H. The number of nitrogens with one attached hydrogen (secondary N) is 3. The van der Waals surface area contributed by atoms with E-state index in [2.05, 4.69) is 16.0 Å². The number of halogens is 1. The van der Waals surface area contributed by atoms with Crippen LogP contribution in [0.15, 0.2) is 24.3 Å². The van der Waals surface area contributed by atoms with Gasteiger partial charge in [0.05, 0.1) is 0 Å². The van der Waals surface area contributed by atoms with Crippen LogP contribution in [0.3, 0.4) is 0 Å². The molecule has 1 saturated heterocycles. The predicted molar refractivity (Wildman–Crippen MR) is 93.8 cm³/mol. The van der Waals surface area contributed by atoms with Crippen molar-refractivity contribution in [1.29, 1.82) is 0 Å². The maximum atomic E-state index is 11.9. The highest BCUT2D eigenvalue weighted by atomic mass is 35.5. The summed E-state index contributed by atoms with van der Waals surface area (Å²) in [6, 6.07) is 7.70. The first-order valence-corrected chi connectivity index (χ1v) is 8.06. The normalized spacial score (nSPS) is 16.5. The van der Waals surface area contributed by atoms with Crippen LogP contribution in [0, 0.1) is 0 Å². The average molecular weight is 340 g/mol. The van der Waals surface area contributed by atoms with Crippen molar-refractivity contribution < 1.29 is 9.59 Å². The zero-order valence-corrected chi connectivity index (χ0v) is 14.4. The lowest BCUT2D eigenvalue weighted by Gasteiger charge is -2.11. The Bertz CT molecular complexity index is 516. The fourth-order valence-electron chi connectivity index (χ4n) is 2.59. The topological polar surface area (TPSA) is 70.2 Å². The molecule has 1 unspecified atom stereocenters. The first-order chi connectivity index (χ1) is 10.7. The van der Waals surface area contributed by atoms with Crippen LogP contribution >= 0.6 is 12.4 Å². The Morgan fingerprint density at radius 3 is 2.83 bits per heavy atom. The summed E-state index contributed by atoms with van der Waals surface area (Å²) >= 11 is 0.